The molecule has 0 spiro atoms. The third-order valence-corrected chi connectivity index (χ3v) is 6.92. The number of hydrogen-bond acceptors (Lipinski definition) is 0. The van der Waals surface area contributed by atoms with Crippen LogP contribution in [0.3, 0.4) is 0 Å². The fraction of sp³-hybridized carbons (Fsp3) is 0.250. The van der Waals surface area contributed by atoms with E-state index in [1.807, 2.05) is 6.88 Å². The second kappa shape index (κ2) is 18.1. The third-order valence-electron chi connectivity index (χ3n) is 6.92. The number of halogens is 2. The van der Waals surface area contributed by atoms with Crippen LogP contribution >= 0.6 is 24.8 Å². The summed E-state index contributed by atoms with van der Waals surface area (Å²) < 4.78 is 0. The Morgan fingerprint density at radius 3 is 1.31 bits per heavy atom. The van der Waals surface area contributed by atoms with Gasteiger partial charge in [-0.25, -0.2) is 12.1 Å². The Bertz CT molecular complexity index is 1000. The molecule has 4 aromatic carbocycles. The third kappa shape index (κ3) is 8.42. The van der Waals surface area contributed by atoms with Gasteiger partial charge in [-0.2, -0.15) is 46.5 Å². The van der Waals surface area contributed by atoms with Crippen molar-refractivity contribution < 1.29 is 23.3 Å². The van der Waals surface area contributed by atoms with E-state index in [2.05, 4.69) is 97.1 Å². The first-order valence-electron chi connectivity index (χ1n) is 11.8. The standard InChI is InChI=1S/2C15H15.2CH3.2ClH.H2Si.Zr/c2*1-2-6-12(7-3-1)14-10-4-8-13-9-5-11-15(13)14;;;;;;/h2*1-3,5-7,9,11,14H,4,8,10H2;2*1H3;2*1H;1H2;/q4*-1;;;;. The zero-order valence-corrected chi connectivity index (χ0v) is 27.2. The second-order valence-electron chi connectivity index (χ2n) is 8.72. The Hall–Kier alpha value is -1.18. The summed E-state index contributed by atoms with van der Waals surface area (Å²) in [5.41, 5.74) is 9.21. The average molecular weight is 615 g/mol. The van der Waals surface area contributed by atoms with Crippen LogP contribution in [0.2, 0.25) is 0 Å². The smallest absolute Gasteiger partial charge is 0.0461 e. The molecule has 0 aliphatic heterocycles. The van der Waals surface area contributed by atoms with Crippen LogP contribution in [0.1, 0.15) is 70.9 Å². The van der Waals surface area contributed by atoms with Gasteiger partial charge >= 0.3 is 30.2 Å². The maximum Gasteiger partial charge on any atom is -0.0461 e. The van der Waals surface area contributed by atoms with Gasteiger partial charge in [0.25, 0.3) is 0 Å². The zero-order chi connectivity index (χ0) is 22.2. The van der Waals surface area contributed by atoms with Crippen LogP contribution in [0.4, 0.5) is 0 Å². The number of aryl methyl sites for hydroxylation is 2. The van der Waals surface area contributed by atoms with E-state index in [4.69, 9.17) is 0 Å². The summed E-state index contributed by atoms with van der Waals surface area (Å²) in [7, 11) is 0. The van der Waals surface area contributed by atoms with Crippen molar-refractivity contribution in [3.8, 4) is 0 Å². The summed E-state index contributed by atoms with van der Waals surface area (Å²) in [5.74, 6) is 1.29. The van der Waals surface area contributed by atoms with Crippen LogP contribution in [0.15, 0.2) is 97.1 Å². The molecular weight excluding hydrogens is 575 g/mol. The first kappa shape index (κ1) is 34.8. The minimum absolute atomic E-state index is 0. The Kier molecular flexibility index (Phi) is 17.5. The number of rotatable bonds is 2. The van der Waals surface area contributed by atoms with Gasteiger partial charge in [-0.15, -0.1) is 24.8 Å². The molecule has 6 rings (SSSR count). The summed E-state index contributed by atoms with van der Waals surface area (Å²) in [5, 5.41) is 0. The van der Waals surface area contributed by atoms with Crippen molar-refractivity contribution in [2.24, 2.45) is 0 Å². The molecule has 0 aromatic heterocycles. The van der Waals surface area contributed by atoms with Gasteiger partial charge < -0.3 is 14.9 Å². The zero-order valence-electron chi connectivity index (χ0n) is 21.7. The average Bonchev–Trinajstić information content (AvgIpc) is 3.56. The van der Waals surface area contributed by atoms with E-state index in [9.17, 15) is 0 Å². The molecule has 2 aliphatic rings. The summed E-state index contributed by atoms with van der Waals surface area (Å²) in [4.78, 5) is 0. The molecule has 4 aromatic rings. The molecule has 2 aliphatic carbocycles. The van der Waals surface area contributed by atoms with Crippen molar-refractivity contribution >= 4 is 31.7 Å². The Balaban J connectivity index is 0.000000577. The van der Waals surface area contributed by atoms with Crippen molar-refractivity contribution in [3.05, 3.63) is 145 Å². The normalized spacial score (nSPS) is 16.6. The van der Waals surface area contributed by atoms with Crippen LogP contribution in [-0.4, -0.2) is 6.88 Å². The van der Waals surface area contributed by atoms with Gasteiger partial charge in [0.05, 0.1) is 0 Å². The topological polar surface area (TPSA) is 0 Å². The van der Waals surface area contributed by atoms with Crippen molar-refractivity contribution in [3.63, 3.8) is 0 Å². The fourth-order valence-electron chi connectivity index (χ4n) is 5.45. The van der Waals surface area contributed by atoms with Gasteiger partial charge in [-0.05, 0) is 11.8 Å². The van der Waals surface area contributed by atoms with Gasteiger partial charge in [0.2, 0.25) is 0 Å². The predicted octanol–water partition coefficient (Wildman–Crippen LogP) is 8.57. The van der Waals surface area contributed by atoms with E-state index >= 15 is 0 Å². The molecular formula is C32H40Cl2SiZr-4. The van der Waals surface area contributed by atoms with Crippen molar-refractivity contribution in [1.29, 1.82) is 0 Å². The molecule has 0 radical (unpaired) electrons. The van der Waals surface area contributed by atoms with Crippen LogP contribution in [0, 0.1) is 14.9 Å². The van der Waals surface area contributed by atoms with E-state index in [0.29, 0.717) is 11.8 Å². The van der Waals surface area contributed by atoms with Crippen LogP contribution in [-0.2, 0) is 36.2 Å². The van der Waals surface area contributed by atoms with Gasteiger partial charge in [-0.3, -0.25) is 0 Å². The van der Waals surface area contributed by atoms with E-state index in [0.717, 1.165) is 0 Å². The van der Waals surface area contributed by atoms with E-state index in [-0.39, 0.29) is 39.7 Å². The monoisotopic (exact) mass is 612 g/mol. The van der Waals surface area contributed by atoms with Crippen LogP contribution < -0.4 is 0 Å². The Labute approximate surface area is 249 Å². The molecule has 2 unspecified atom stereocenters. The van der Waals surface area contributed by atoms with Gasteiger partial charge in [0, 0.05) is 0 Å². The maximum atomic E-state index is 2.30. The first-order valence-corrected chi connectivity index (χ1v) is 17.8. The number of fused-ring (bicyclic) bond motifs is 2. The molecule has 0 amide bonds. The van der Waals surface area contributed by atoms with Crippen LogP contribution in [0.5, 0.6) is 0 Å². The minimum Gasteiger partial charge on any atom is -0.210 e. The van der Waals surface area contributed by atoms with Gasteiger partial charge in [0.15, 0.2) is 0 Å². The van der Waals surface area contributed by atoms with E-state index < -0.39 is 0 Å². The molecule has 36 heavy (non-hydrogen) atoms. The molecule has 4 heteroatoms. The molecule has 0 fully saturated rings. The van der Waals surface area contributed by atoms with Crippen molar-refractivity contribution in [2.75, 3.05) is 0 Å². The number of benzene rings is 2. The molecule has 0 saturated heterocycles. The quantitative estimate of drug-likeness (QED) is 0.157. The first-order chi connectivity index (χ1) is 15.9. The largest absolute Gasteiger partial charge is 0.210 e. The van der Waals surface area contributed by atoms with Gasteiger partial charge in [-0.1, -0.05) is 110 Å². The van der Waals surface area contributed by atoms with Gasteiger partial charge in [0.1, 0.15) is 0 Å². The molecule has 0 heterocycles. The van der Waals surface area contributed by atoms with Crippen molar-refractivity contribution in [1.82, 2.24) is 0 Å². The SMILES string of the molecule is Cl.Cl.[CH3-].[CH3-].[SiH2]=[Zr].c1ccc(C2CCCc3[cH-]ccc32)cc1.c1ccc(C2CCCc3[cH-]ccc32)cc1. The molecule has 0 saturated carbocycles. The number of hydrogen-bond donors (Lipinski definition) is 0. The summed E-state index contributed by atoms with van der Waals surface area (Å²) in [6, 6.07) is 35.4. The van der Waals surface area contributed by atoms with E-state index in [1.54, 1.807) is 45.6 Å². The molecule has 0 N–H and O–H groups in total. The molecule has 0 nitrogen and oxygen atoms in total. The molecule has 194 valence electrons. The Morgan fingerprint density at radius 2 is 0.944 bits per heavy atom. The molecule has 2 atom stereocenters. The summed E-state index contributed by atoms with van der Waals surface area (Å²) in [6.07, 6.45) is 7.81. The fourth-order valence-corrected chi connectivity index (χ4v) is 5.45. The van der Waals surface area contributed by atoms with Crippen LogP contribution in [0.25, 0.3) is 0 Å². The Morgan fingerprint density at radius 1 is 0.583 bits per heavy atom. The summed E-state index contributed by atoms with van der Waals surface area (Å²) in [6.45, 7) is 1.95. The minimum atomic E-state index is 0. The van der Waals surface area contributed by atoms with E-state index in [1.165, 1.54) is 49.7 Å². The second-order valence-corrected chi connectivity index (χ2v) is 8.72. The predicted molar refractivity (Wildman–Crippen MR) is 162 cm³/mol. The summed E-state index contributed by atoms with van der Waals surface area (Å²) >= 11 is 1.58. The molecule has 0 bridgehead atoms. The van der Waals surface area contributed by atoms with Crippen molar-refractivity contribution in [2.45, 2.75) is 50.4 Å². The maximum absolute atomic E-state index is 2.30.